The second kappa shape index (κ2) is 6.55. The second-order valence-electron chi connectivity index (χ2n) is 2.73. The van der Waals surface area contributed by atoms with Crippen LogP contribution in [0.4, 0.5) is 5.69 Å². The average molecular weight is 249 g/mol. The average Bonchev–Trinajstić information content (AvgIpc) is 2.18. The first-order valence-corrected chi connectivity index (χ1v) is 5.62. The van der Waals surface area contributed by atoms with Crippen LogP contribution in [-0.2, 0) is 15.6 Å². The molecule has 84 valence electrons. The summed E-state index contributed by atoms with van der Waals surface area (Å²) in [5, 5.41) is 2.59. The second-order valence-corrected chi connectivity index (χ2v) is 4.11. The number of nitrogens with two attached hydrogens (primary N) is 1. The van der Waals surface area contributed by atoms with E-state index in [0.29, 0.717) is 10.6 Å². The van der Waals surface area contributed by atoms with Crippen molar-refractivity contribution in [3.63, 3.8) is 0 Å². The van der Waals surface area contributed by atoms with Crippen LogP contribution in [0.3, 0.4) is 0 Å². The number of carbonyl (C=O) groups excluding carboxylic acids is 1. The van der Waals surface area contributed by atoms with Crippen molar-refractivity contribution in [1.29, 1.82) is 0 Å². The fourth-order valence-corrected chi connectivity index (χ4v) is 1.53. The molecule has 1 atom stereocenters. The Morgan fingerprint density at radius 1 is 1.53 bits per heavy atom. The Hall–Kier alpha value is -0.910. The van der Waals surface area contributed by atoms with Gasteiger partial charge >= 0.3 is 0 Å². The van der Waals surface area contributed by atoms with Crippen LogP contribution < -0.4 is 11.1 Å². The van der Waals surface area contributed by atoms with Gasteiger partial charge in [0.05, 0.1) is 6.54 Å². The third kappa shape index (κ3) is 4.42. The number of anilines is 1. The molecular formula is C9H13ClN2O2S. The number of hydrogen-bond acceptors (Lipinski definition) is 3. The fraction of sp³-hybridized carbons (Fsp3) is 0.222. The van der Waals surface area contributed by atoms with Gasteiger partial charge in [-0.2, -0.15) is 0 Å². The summed E-state index contributed by atoms with van der Waals surface area (Å²) in [4.78, 5) is 11.6. The first-order chi connectivity index (χ1) is 6.63. The van der Waals surface area contributed by atoms with E-state index in [1.807, 2.05) is 0 Å². The molecule has 6 heteroatoms. The van der Waals surface area contributed by atoms with Crippen LogP contribution in [0.2, 0.25) is 0 Å². The van der Waals surface area contributed by atoms with Crippen LogP contribution in [-0.4, -0.2) is 22.9 Å². The van der Waals surface area contributed by atoms with Crippen LogP contribution in [0.25, 0.3) is 0 Å². The van der Waals surface area contributed by atoms with Gasteiger partial charge < -0.3 is 11.1 Å². The van der Waals surface area contributed by atoms with E-state index in [-0.39, 0.29) is 24.9 Å². The highest BCUT2D eigenvalue weighted by Crippen LogP contribution is 2.12. The minimum absolute atomic E-state index is 0. The molecule has 0 saturated heterocycles. The van der Waals surface area contributed by atoms with Gasteiger partial charge in [-0.25, -0.2) is 0 Å². The number of nitrogens with one attached hydrogen (secondary N) is 1. The number of amides is 1. The van der Waals surface area contributed by atoms with Crippen molar-refractivity contribution >= 4 is 34.8 Å². The van der Waals surface area contributed by atoms with Crippen LogP contribution in [0.1, 0.15) is 0 Å². The van der Waals surface area contributed by atoms with E-state index >= 15 is 0 Å². The van der Waals surface area contributed by atoms with E-state index < -0.39 is 10.8 Å². The molecule has 1 amide bonds. The molecule has 0 aliphatic carbocycles. The van der Waals surface area contributed by atoms with Gasteiger partial charge in [0, 0.05) is 27.6 Å². The van der Waals surface area contributed by atoms with E-state index in [1.54, 1.807) is 30.5 Å². The molecule has 15 heavy (non-hydrogen) atoms. The third-order valence-corrected chi connectivity index (χ3v) is 2.55. The summed E-state index contributed by atoms with van der Waals surface area (Å²) < 4.78 is 11.1. The Kier molecular flexibility index (Phi) is 6.15. The lowest BCUT2D eigenvalue weighted by Crippen LogP contribution is -2.21. The third-order valence-electron chi connectivity index (χ3n) is 1.64. The zero-order chi connectivity index (χ0) is 10.6. The number of halogens is 1. The Labute approximate surface area is 97.1 Å². The van der Waals surface area contributed by atoms with Crippen molar-refractivity contribution in [2.45, 2.75) is 4.90 Å². The minimum atomic E-state index is -1.04. The van der Waals surface area contributed by atoms with Gasteiger partial charge in [-0.05, 0) is 18.2 Å². The molecular weight excluding hydrogens is 236 g/mol. The summed E-state index contributed by atoms with van der Waals surface area (Å²) in [5.41, 5.74) is 5.76. The summed E-state index contributed by atoms with van der Waals surface area (Å²) in [6.07, 6.45) is 1.59. The highest BCUT2D eigenvalue weighted by Gasteiger charge is 2.01. The van der Waals surface area contributed by atoms with E-state index in [0.717, 1.165) is 0 Å². The minimum Gasteiger partial charge on any atom is -0.325 e. The van der Waals surface area contributed by atoms with Crippen molar-refractivity contribution < 1.29 is 9.00 Å². The van der Waals surface area contributed by atoms with Crippen LogP contribution in [0, 0.1) is 0 Å². The molecule has 0 radical (unpaired) electrons. The molecule has 0 spiro atoms. The lowest BCUT2D eigenvalue weighted by Gasteiger charge is -2.04. The lowest BCUT2D eigenvalue weighted by atomic mass is 10.3. The van der Waals surface area contributed by atoms with Gasteiger partial charge in [-0.3, -0.25) is 9.00 Å². The molecule has 0 aliphatic heterocycles. The van der Waals surface area contributed by atoms with E-state index in [1.165, 1.54) is 0 Å². The predicted molar refractivity (Wildman–Crippen MR) is 63.7 cm³/mol. The van der Waals surface area contributed by atoms with Gasteiger partial charge in [0.25, 0.3) is 0 Å². The molecule has 0 saturated carbocycles. The first kappa shape index (κ1) is 14.1. The molecule has 1 unspecified atom stereocenters. The molecule has 3 N–H and O–H groups in total. The summed E-state index contributed by atoms with van der Waals surface area (Å²) in [7, 11) is -1.04. The number of benzene rings is 1. The van der Waals surface area contributed by atoms with Gasteiger partial charge in [-0.15, -0.1) is 12.4 Å². The summed E-state index contributed by atoms with van der Waals surface area (Å²) >= 11 is 0. The quantitative estimate of drug-likeness (QED) is 0.829. The maximum Gasteiger partial charge on any atom is 0.238 e. The number of carbonyl (C=O) groups is 1. The molecule has 0 bridgehead atoms. The molecule has 1 aromatic carbocycles. The molecule has 0 heterocycles. The topological polar surface area (TPSA) is 72.2 Å². The highest BCUT2D eigenvalue weighted by molar-refractivity contribution is 7.84. The largest absolute Gasteiger partial charge is 0.325 e. The number of rotatable bonds is 3. The monoisotopic (exact) mass is 248 g/mol. The maximum absolute atomic E-state index is 11.1. The first-order valence-electron chi connectivity index (χ1n) is 4.07. The summed E-state index contributed by atoms with van der Waals surface area (Å²) in [6, 6.07) is 6.88. The summed E-state index contributed by atoms with van der Waals surface area (Å²) in [5.74, 6) is -0.260. The van der Waals surface area contributed by atoms with Crippen LogP contribution in [0.5, 0.6) is 0 Å². The standard InChI is InChI=1S/C9H12N2O2S.ClH/c1-14(13)8-4-2-3-7(5-8)11-9(12)6-10;/h2-5H,6,10H2,1H3,(H,11,12);1H. The van der Waals surface area contributed by atoms with Gasteiger partial charge in [0.15, 0.2) is 0 Å². The normalized spacial score (nSPS) is 11.3. The zero-order valence-corrected chi connectivity index (χ0v) is 9.86. The molecule has 1 rings (SSSR count). The Morgan fingerprint density at radius 3 is 2.73 bits per heavy atom. The highest BCUT2D eigenvalue weighted by atomic mass is 35.5. The van der Waals surface area contributed by atoms with Gasteiger partial charge in [0.1, 0.15) is 0 Å². The van der Waals surface area contributed by atoms with E-state index in [4.69, 9.17) is 5.73 Å². The fourth-order valence-electron chi connectivity index (χ4n) is 0.965. The molecule has 4 nitrogen and oxygen atoms in total. The SMILES string of the molecule is CS(=O)c1cccc(NC(=O)CN)c1.Cl. The molecule has 0 aliphatic rings. The van der Waals surface area contributed by atoms with Crippen LogP contribution in [0.15, 0.2) is 29.2 Å². The Bertz CT molecular complexity index is 371. The van der Waals surface area contributed by atoms with E-state index in [2.05, 4.69) is 5.32 Å². The van der Waals surface area contributed by atoms with E-state index in [9.17, 15) is 9.00 Å². The van der Waals surface area contributed by atoms with Crippen molar-refractivity contribution in [3.05, 3.63) is 24.3 Å². The predicted octanol–water partition coefficient (Wildman–Crippen LogP) is 0.743. The maximum atomic E-state index is 11.1. The number of hydrogen-bond donors (Lipinski definition) is 2. The van der Waals surface area contributed by atoms with Crippen molar-refractivity contribution in [3.8, 4) is 0 Å². The van der Waals surface area contributed by atoms with Gasteiger partial charge in [-0.1, -0.05) is 6.07 Å². The lowest BCUT2D eigenvalue weighted by molar-refractivity contribution is -0.114. The van der Waals surface area contributed by atoms with Gasteiger partial charge in [0.2, 0.25) is 5.91 Å². The Morgan fingerprint density at radius 2 is 2.20 bits per heavy atom. The van der Waals surface area contributed by atoms with Crippen molar-refractivity contribution in [2.75, 3.05) is 18.1 Å². The smallest absolute Gasteiger partial charge is 0.238 e. The van der Waals surface area contributed by atoms with Crippen molar-refractivity contribution in [1.82, 2.24) is 0 Å². The molecule has 1 aromatic rings. The zero-order valence-electron chi connectivity index (χ0n) is 8.23. The molecule has 0 fully saturated rings. The van der Waals surface area contributed by atoms with Crippen LogP contribution >= 0.6 is 12.4 Å². The Balaban J connectivity index is 0.00000196. The van der Waals surface area contributed by atoms with Crippen molar-refractivity contribution in [2.24, 2.45) is 5.73 Å². The summed E-state index contributed by atoms with van der Waals surface area (Å²) in [6.45, 7) is -0.0561. The molecule has 0 aromatic heterocycles.